The zero-order valence-electron chi connectivity index (χ0n) is 23.4. The highest BCUT2D eigenvalue weighted by Gasteiger charge is 2.47. The average Bonchev–Trinajstić information content (AvgIpc) is 3.27. The molecular weight excluding hydrogens is 609 g/mol. The molecule has 1 N–H and O–H groups in total. The third-order valence-corrected chi connectivity index (χ3v) is 9.40. The molecule has 0 aliphatic carbocycles. The molecule has 10 nitrogen and oxygen atoms in total. The topological polar surface area (TPSA) is 128 Å². The predicted octanol–water partition coefficient (Wildman–Crippen LogP) is 5.28. The number of hydrogen-bond donors (Lipinski definition) is 1. The molecular formula is C28H29F3N4O6S2. The minimum absolute atomic E-state index is 0.143. The highest BCUT2D eigenvalue weighted by molar-refractivity contribution is 7.90. The third-order valence-electron chi connectivity index (χ3n) is 6.55. The molecule has 0 saturated heterocycles. The number of alkyl halides is 3. The molecule has 0 spiro atoms. The molecule has 0 unspecified atom stereocenters. The molecule has 0 aliphatic rings. The first-order valence-corrected chi connectivity index (χ1v) is 16.0. The fourth-order valence-electron chi connectivity index (χ4n) is 4.29. The highest BCUT2D eigenvalue weighted by atomic mass is 32.2. The van der Waals surface area contributed by atoms with E-state index in [2.05, 4.69) is 6.92 Å². The van der Waals surface area contributed by atoms with Crippen LogP contribution in [0.15, 0.2) is 71.6 Å². The molecule has 1 aromatic heterocycles. The number of aromatic nitrogens is 2. The number of fused-ring (bicyclic) bond motifs is 1. The smallest absolute Gasteiger partial charge is 0.409 e. The van der Waals surface area contributed by atoms with Gasteiger partial charge in [-0.2, -0.15) is 21.6 Å². The van der Waals surface area contributed by atoms with Gasteiger partial charge in [0.05, 0.1) is 15.9 Å². The predicted molar refractivity (Wildman–Crippen MR) is 154 cm³/mol. The fraction of sp³-hybridized carbons (Fsp3) is 0.286. The summed E-state index contributed by atoms with van der Waals surface area (Å²) in [6, 6.07) is 18.0. The monoisotopic (exact) mass is 638 g/mol. The summed E-state index contributed by atoms with van der Waals surface area (Å²) in [4.78, 5) is 16.8. The Labute approximate surface area is 247 Å². The molecule has 1 amide bonds. The number of aryl methyl sites for hydroxylation is 1. The molecule has 0 aliphatic heterocycles. The number of nitrogens with one attached hydrogen (secondary N) is 1. The van der Waals surface area contributed by atoms with E-state index >= 15 is 0 Å². The van der Waals surface area contributed by atoms with Gasteiger partial charge in [-0.15, -0.1) is 0 Å². The van der Waals surface area contributed by atoms with Gasteiger partial charge >= 0.3 is 21.6 Å². The summed E-state index contributed by atoms with van der Waals surface area (Å²) in [7, 11) is -6.64. The van der Waals surface area contributed by atoms with Gasteiger partial charge in [0.25, 0.3) is 0 Å². The van der Waals surface area contributed by atoms with Gasteiger partial charge in [0.1, 0.15) is 11.6 Å². The van der Waals surface area contributed by atoms with Crippen LogP contribution < -0.4 is 9.46 Å². The van der Waals surface area contributed by atoms with Gasteiger partial charge in [-0.3, -0.25) is 0 Å². The lowest BCUT2D eigenvalue weighted by Crippen LogP contribution is -2.41. The van der Waals surface area contributed by atoms with Crippen LogP contribution in [0.4, 0.5) is 18.0 Å². The first-order chi connectivity index (χ1) is 20.1. The summed E-state index contributed by atoms with van der Waals surface area (Å²) >= 11 is 0. The van der Waals surface area contributed by atoms with Crippen LogP contribution in [0.1, 0.15) is 31.2 Å². The Bertz CT molecular complexity index is 1850. The van der Waals surface area contributed by atoms with Crippen molar-refractivity contribution in [3.63, 3.8) is 0 Å². The maximum Gasteiger partial charge on any atom is 0.516 e. The Morgan fingerprint density at radius 1 is 1.00 bits per heavy atom. The summed E-state index contributed by atoms with van der Waals surface area (Å²) in [5, 5.41) is 0. The standard InChI is InChI=1S/C28H29F3N4O6S2/c1-4-5-10-26-32-23-17-21(42(37,38)34(2)3)15-16-24(23)35(26)18-19-11-13-20(14-12-19)22-8-6-7-9-25(22)41-27(36)33-43(39,40)28(29,30)31/h6-9,11-17H,4-5,10,18H2,1-3H3,(H,33,36). The van der Waals surface area contributed by atoms with Crippen molar-refractivity contribution in [1.29, 1.82) is 0 Å². The van der Waals surface area contributed by atoms with Crippen molar-refractivity contribution in [1.82, 2.24) is 18.6 Å². The number of benzene rings is 3. The van der Waals surface area contributed by atoms with Crippen molar-refractivity contribution in [2.45, 2.75) is 43.1 Å². The number of ether oxygens (including phenoxy) is 1. The van der Waals surface area contributed by atoms with Gasteiger partial charge in [0.15, 0.2) is 0 Å². The highest BCUT2D eigenvalue weighted by Crippen LogP contribution is 2.31. The molecule has 0 atom stereocenters. The van der Waals surface area contributed by atoms with Gasteiger partial charge < -0.3 is 9.30 Å². The second kappa shape index (κ2) is 12.3. The number of carbonyl (C=O) groups excluding carboxylic acids is 1. The summed E-state index contributed by atoms with van der Waals surface area (Å²) in [6.07, 6.45) is 0.726. The largest absolute Gasteiger partial charge is 0.516 e. The lowest BCUT2D eigenvalue weighted by molar-refractivity contribution is -0.0446. The van der Waals surface area contributed by atoms with Crippen molar-refractivity contribution in [2.24, 2.45) is 0 Å². The molecule has 0 saturated carbocycles. The molecule has 1 heterocycles. The molecule has 15 heteroatoms. The van der Waals surface area contributed by atoms with Crippen molar-refractivity contribution < 1.29 is 39.5 Å². The summed E-state index contributed by atoms with van der Waals surface area (Å²) in [6.45, 7) is 2.49. The number of imidazole rings is 1. The van der Waals surface area contributed by atoms with E-state index in [1.807, 2.05) is 16.7 Å². The number of carbonyl (C=O) groups is 1. The Balaban J connectivity index is 1.61. The Kier molecular flexibility index (Phi) is 9.18. The second-order valence-corrected chi connectivity index (χ2v) is 13.6. The van der Waals surface area contributed by atoms with Crippen LogP contribution in [0.3, 0.4) is 0 Å². The SMILES string of the molecule is CCCCc1nc2cc(S(=O)(=O)N(C)C)ccc2n1Cc1ccc(-c2ccccc2OC(=O)NS(=O)(=O)C(F)(F)F)cc1. The maximum atomic E-state index is 12.7. The van der Waals surface area contributed by atoms with Crippen LogP contribution in [0, 0.1) is 0 Å². The van der Waals surface area contributed by atoms with E-state index in [-0.39, 0.29) is 10.6 Å². The molecule has 4 aromatic rings. The molecule has 0 bridgehead atoms. The number of unbranched alkanes of at least 4 members (excludes halogenated alkanes) is 1. The van der Waals surface area contributed by atoms with Gasteiger partial charge in [0, 0.05) is 32.6 Å². The quantitative estimate of drug-likeness (QED) is 0.250. The van der Waals surface area contributed by atoms with E-state index in [1.54, 1.807) is 42.5 Å². The number of sulfonamides is 2. The molecule has 0 radical (unpaired) electrons. The number of nitrogens with zero attached hydrogens (tertiary/aromatic N) is 3. The van der Waals surface area contributed by atoms with Gasteiger partial charge in [-0.25, -0.2) is 27.2 Å². The first kappa shape index (κ1) is 32.0. The van der Waals surface area contributed by atoms with E-state index in [4.69, 9.17) is 9.72 Å². The normalized spacial score (nSPS) is 12.5. The summed E-state index contributed by atoms with van der Waals surface area (Å²) in [5.74, 6) is 0.662. The van der Waals surface area contributed by atoms with Crippen LogP contribution in [0.5, 0.6) is 5.75 Å². The Morgan fingerprint density at radius 3 is 2.30 bits per heavy atom. The number of para-hydroxylation sites is 1. The van der Waals surface area contributed by atoms with E-state index < -0.39 is 31.6 Å². The Morgan fingerprint density at radius 2 is 1.67 bits per heavy atom. The van der Waals surface area contributed by atoms with Gasteiger partial charge in [-0.05, 0) is 41.8 Å². The lowest BCUT2D eigenvalue weighted by Gasteiger charge is -2.13. The van der Waals surface area contributed by atoms with Crippen molar-refractivity contribution in [3.05, 3.63) is 78.1 Å². The van der Waals surface area contributed by atoms with Crippen LogP contribution in [-0.2, 0) is 33.0 Å². The number of rotatable bonds is 10. The third kappa shape index (κ3) is 7.00. The number of halogens is 3. The van der Waals surface area contributed by atoms with E-state index in [1.165, 1.54) is 26.2 Å². The van der Waals surface area contributed by atoms with Crippen molar-refractivity contribution >= 4 is 37.2 Å². The van der Waals surface area contributed by atoms with Crippen LogP contribution >= 0.6 is 0 Å². The zero-order valence-corrected chi connectivity index (χ0v) is 25.1. The Hall–Kier alpha value is -3.95. The number of amides is 1. The fourth-order valence-corrected chi connectivity index (χ4v) is 5.59. The van der Waals surface area contributed by atoms with Crippen LogP contribution in [-0.4, -0.2) is 56.4 Å². The van der Waals surface area contributed by atoms with Gasteiger partial charge in [0.2, 0.25) is 10.0 Å². The summed E-state index contributed by atoms with van der Waals surface area (Å²) in [5.41, 5.74) is -2.57. The van der Waals surface area contributed by atoms with Crippen LogP contribution in [0.2, 0.25) is 0 Å². The number of hydrogen-bond acceptors (Lipinski definition) is 7. The minimum Gasteiger partial charge on any atom is -0.409 e. The molecule has 0 fully saturated rings. The second-order valence-electron chi connectivity index (χ2n) is 9.79. The van der Waals surface area contributed by atoms with E-state index in [9.17, 15) is 34.8 Å². The lowest BCUT2D eigenvalue weighted by atomic mass is 10.0. The molecule has 4 rings (SSSR count). The zero-order chi connectivity index (χ0) is 31.6. The molecule has 3 aromatic carbocycles. The van der Waals surface area contributed by atoms with Crippen molar-refractivity contribution in [3.8, 4) is 16.9 Å². The minimum atomic E-state index is -5.93. The van der Waals surface area contributed by atoms with E-state index in [0.29, 0.717) is 29.6 Å². The van der Waals surface area contributed by atoms with Crippen molar-refractivity contribution in [2.75, 3.05) is 14.1 Å². The van der Waals surface area contributed by atoms with Gasteiger partial charge in [-0.1, -0.05) is 55.8 Å². The molecule has 230 valence electrons. The molecule has 43 heavy (non-hydrogen) atoms. The first-order valence-electron chi connectivity index (χ1n) is 13.0. The maximum absolute atomic E-state index is 12.7. The summed E-state index contributed by atoms with van der Waals surface area (Å²) < 4.78 is 94.6. The van der Waals surface area contributed by atoms with Crippen LogP contribution in [0.25, 0.3) is 22.2 Å². The van der Waals surface area contributed by atoms with E-state index in [0.717, 1.165) is 38.8 Å². The average molecular weight is 639 g/mol.